The number of anilines is 1. The molecule has 0 radical (unpaired) electrons. The van der Waals surface area contributed by atoms with Gasteiger partial charge in [0.05, 0.1) is 5.56 Å². The third-order valence-corrected chi connectivity index (χ3v) is 3.21. The number of aromatic nitrogens is 1. The van der Waals surface area contributed by atoms with E-state index in [1.165, 1.54) is 11.8 Å². The lowest BCUT2D eigenvalue weighted by molar-refractivity contribution is -0.116. The van der Waals surface area contributed by atoms with Crippen LogP contribution in [0.1, 0.15) is 37.1 Å². The van der Waals surface area contributed by atoms with E-state index >= 15 is 0 Å². The number of aryl methyl sites for hydroxylation is 2. The number of nitriles is 1. The van der Waals surface area contributed by atoms with Crippen molar-refractivity contribution in [2.24, 2.45) is 0 Å². The molecule has 1 amide bonds. The number of pyridine rings is 1. The van der Waals surface area contributed by atoms with E-state index in [1.54, 1.807) is 0 Å². The molecule has 0 N–H and O–H groups in total. The van der Waals surface area contributed by atoms with Crippen LogP contribution in [0.25, 0.3) is 0 Å². The zero-order valence-electron chi connectivity index (χ0n) is 11.4. The number of fused-ring (bicyclic) bond motifs is 1. The second-order valence-corrected chi connectivity index (χ2v) is 4.99. The summed E-state index contributed by atoms with van der Waals surface area (Å²) in [5.41, 5.74) is 3.49. The molecule has 1 heterocycles. The highest BCUT2D eigenvalue weighted by Gasteiger charge is 2.22. The average Bonchev–Trinajstić information content (AvgIpc) is 2.80. The lowest BCUT2D eigenvalue weighted by Gasteiger charge is -2.22. The average molecular weight is 255 g/mol. The minimum absolute atomic E-state index is 0.120. The van der Waals surface area contributed by atoms with Crippen LogP contribution in [-0.4, -0.2) is 17.4 Å². The predicted octanol–water partition coefficient (Wildman–Crippen LogP) is 2.37. The van der Waals surface area contributed by atoms with Crippen molar-refractivity contribution in [2.45, 2.75) is 33.1 Å². The zero-order chi connectivity index (χ0) is 14.0. The van der Waals surface area contributed by atoms with E-state index in [0.717, 1.165) is 36.1 Å². The Morgan fingerprint density at radius 3 is 2.84 bits per heavy atom. The molecule has 2 rings (SSSR count). The summed E-state index contributed by atoms with van der Waals surface area (Å²) in [5, 5.41) is 9.26. The Bertz CT molecular complexity index is 584. The van der Waals surface area contributed by atoms with Gasteiger partial charge in [-0.05, 0) is 37.8 Å². The molecular formula is C15H17N3O. The van der Waals surface area contributed by atoms with Crippen molar-refractivity contribution in [1.82, 2.24) is 4.98 Å². The van der Waals surface area contributed by atoms with Crippen LogP contribution in [0.15, 0.2) is 18.2 Å². The number of amides is 1. The van der Waals surface area contributed by atoms with Gasteiger partial charge >= 0.3 is 0 Å². The molecule has 0 aliphatic heterocycles. The van der Waals surface area contributed by atoms with E-state index in [1.807, 2.05) is 13.0 Å². The van der Waals surface area contributed by atoms with Crippen LogP contribution in [0.4, 0.5) is 5.82 Å². The van der Waals surface area contributed by atoms with E-state index in [2.05, 4.69) is 17.6 Å². The van der Waals surface area contributed by atoms with Gasteiger partial charge in [0.25, 0.3) is 0 Å². The summed E-state index contributed by atoms with van der Waals surface area (Å²) in [4.78, 5) is 17.9. The molecule has 1 aliphatic rings. The van der Waals surface area contributed by atoms with Crippen molar-refractivity contribution >= 4 is 11.7 Å². The summed E-state index contributed by atoms with van der Waals surface area (Å²) in [6, 6.07) is 4.02. The number of hydrogen-bond donors (Lipinski definition) is 0. The maximum absolute atomic E-state index is 11.8. The summed E-state index contributed by atoms with van der Waals surface area (Å²) >= 11 is 0. The largest absolute Gasteiger partial charge is 0.292 e. The van der Waals surface area contributed by atoms with Gasteiger partial charge in [0.15, 0.2) is 5.82 Å². The first-order chi connectivity index (χ1) is 9.02. The topological polar surface area (TPSA) is 57.0 Å². The van der Waals surface area contributed by atoms with Gasteiger partial charge in [0, 0.05) is 19.2 Å². The number of carbonyl (C=O) groups is 1. The third-order valence-electron chi connectivity index (χ3n) is 3.21. The van der Waals surface area contributed by atoms with Crippen molar-refractivity contribution in [2.75, 3.05) is 11.4 Å². The van der Waals surface area contributed by atoms with Crippen molar-refractivity contribution < 1.29 is 4.79 Å². The predicted molar refractivity (Wildman–Crippen MR) is 73.8 cm³/mol. The van der Waals surface area contributed by atoms with Crippen LogP contribution < -0.4 is 4.90 Å². The van der Waals surface area contributed by atoms with Crippen molar-refractivity contribution in [3.63, 3.8) is 0 Å². The molecule has 4 nitrogen and oxygen atoms in total. The first-order valence-electron chi connectivity index (χ1n) is 6.38. The number of hydrogen-bond acceptors (Lipinski definition) is 3. The highest BCUT2D eigenvalue weighted by Crippen LogP contribution is 2.27. The molecule has 0 aromatic carbocycles. The minimum atomic E-state index is -0.120. The zero-order valence-corrected chi connectivity index (χ0v) is 11.4. The van der Waals surface area contributed by atoms with Crippen molar-refractivity contribution in [1.29, 1.82) is 5.26 Å². The molecule has 0 spiro atoms. The van der Waals surface area contributed by atoms with Gasteiger partial charge < -0.3 is 0 Å². The molecule has 0 atom stereocenters. The van der Waals surface area contributed by atoms with Gasteiger partial charge in [-0.1, -0.05) is 12.2 Å². The van der Waals surface area contributed by atoms with Crippen molar-refractivity contribution in [3.05, 3.63) is 35.0 Å². The van der Waals surface area contributed by atoms with Crippen LogP contribution in [-0.2, 0) is 17.6 Å². The normalized spacial score (nSPS) is 12.7. The van der Waals surface area contributed by atoms with Gasteiger partial charge in [-0.3, -0.25) is 9.69 Å². The summed E-state index contributed by atoms with van der Waals surface area (Å²) in [6.07, 6.45) is 2.96. The van der Waals surface area contributed by atoms with Gasteiger partial charge in [-0.15, -0.1) is 0 Å². The Balaban J connectivity index is 2.50. The lowest BCUT2D eigenvalue weighted by atomic mass is 10.1. The third kappa shape index (κ3) is 2.65. The van der Waals surface area contributed by atoms with E-state index in [-0.39, 0.29) is 5.91 Å². The summed E-state index contributed by atoms with van der Waals surface area (Å²) < 4.78 is 0. The molecule has 1 aromatic heterocycles. The Morgan fingerprint density at radius 2 is 2.26 bits per heavy atom. The van der Waals surface area contributed by atoms with Crippen LogP contribution in [0, 0.1) is 11.3 Å². The number of nitrogens with zero attached hydrogens (tertiary/aromatic N) is 3. The summed E-state index contributed by atoms with van der Waals surface area (Å²) in [6.45, 7) is 7.57. The second kappa shape index (κ2) is 5.23. The van der Waals surface area contributed by atoms with Crippen LogP contribution in [0.2, 0.25) is 0 Å². The number of rotatable bonds is 3. The van der Waals surface area contributed by atoms with Gasteiger partial charge in [0.2, 0.25) is 5.91 Å². The van der Waals surface area contributed by atoms with E-state index in [0.29, 0.717) is 17.9 Å². The van der Waals surface area contributed by atoms with Gasteiger partial charge in [-0.2, -0.15) is 5.26 Å². The molecule has 4 heteroatoms. The Morgan fingerprint density at radius 1 is 1.53 bits per heavy atom. The highest BCUT2D eigenvalue weighted by atomic mass is 16.2. The van der Waals surface area contributed by atoms with Gasteiger partial charge in [-0.25, -0.2) is 4.98 Å². The first kappa shape index (κ1) is 13.3. The number of carbonyl (C=O) groups excluding carboxylic acids is 1. The Kier molecular flexibility index (Phi) is 3.66. The second-order valence-electron chi connectivity index (χ2n) is 4.99. The first-order valence-corrected chi connectivity index (χ1v) is 6.38. The fraction of sp³-hybridized carbons (Fsp3) is 0.400. The molecule has 0 saturated carbocycles. The van der Waals surface area contributed by atoms with Crippen molar-refractivity contribution in [3.8, 4) is 6.07 Å². The quantitative estimate of drug-likeness (QED) is 0.779. The summed E-state index contributed by atoms with van der Waals surface area (Å²) in [7, 11) is 0. The van der Waals surface area contributed by atoms with E-state index < -0.39 is 0 Å². The molecule has 19 heavy (non-hydrogen) atoms. The monoisotopic (exact) mass is 255 g/mol. The summed E-state index contributed by atoms with van der Waals surface area (Å²) in [5.74, 6) is 0.351. The maximum Gasteiger partial charge on any atom is 0.225 e. The molecule has 0 saturated heterocycles. The minimum Gasteiger partial charge on any atom is -0.292 e. The molecule has 1 aromatic rings. The smallest absolute Gasteiger partial charge is 0.225 e. The highest BCUT2D eigenvalue weighted by molar-refractivity contribution is 5.92. The Hall–Kier alpha value is -2.15. The molecule has 0 unspecified atom stereocenters. The van der Waals surface area contributed by atoms with Crippen LogP contribution in [0.3, 0.4) is 0 Å². The molecule has 1 aliphatic carbocycles. The van der Waals surface area contributed by atoms with Crippen LogP contribution >= 0.6 is 0 Å². The molecule has 0 bridgehead atoms. The Labute approximate surface area is 113 Å². The molecule has 98 valence electrons. The van der Waals surface area contributed by atoms with E-state index in [9.17, 15) is 10.1 Å². The van der Waals surface area contributed by atoms with Gasteiger partial charge in [0.1, 0.15) is 6.07 Å². The lowest BCUT2D eigenvalue weighted by Crippen LogP contribution is -2.31. The SMILES string of the molecule is C=C(C)CN(C(C)=O)c1nc2c(cc1C#N)CCC2. The van der Waals surface area contributed by atoms with E-state index in [4.69, 9.17) is 0 Å². The molecular weight excluding hydrogens is 238 g/mol. The fourth-order valence-electron chi connectivity index (χ4n) is 2.35. The standard InChI is InChI=1S/C15H17N3O/c1-10(2)9-18(11(3)19)15-13(8-16)7-12-5-4-6-14(12)17-15/h7H,1,4-6,9H2,2-3H3. The van der Waals surface area contributed by atoms with Crippen LogP contribution in [0.5, 0.6) is 0 Å². The fourth-order valence-corrected chi connectivity index (χ4v) is 2.35. The molecule has 0 fully saturated rings. The maximum atomic E-state index is 11.8.